The molecule has 0 saturated carbocycles. The largest absolute Gasteiger partial charge is 0.497 e. The lowest BCUT2D eigenvalue weighted by molar-refractivity contribution is 0.262. The number of nitrogens with zero attached hydrogens (tertiary/aromatic N) is 1. The van der Waals surface area contributed by atoms with Crippen molar-refractivity contribution in [3.63, 3.8) is 0 Å². The van der Waals surface area contributed by atoms with Gasteiger partial charge in [0.05, 0.1) is 19.1 Å². The van der Waals surface area contributed by atoms with Gasteiger partial charge in [0.1, 0.15) is 11.5 Å². The number of methoxy groups -OCH3 is 2. The molecule has 6 nitrogen and oxygen atoms in total. The second-order valence-corrected chi connectivity index (χ2v) is 7.54. The van der Waals surface area contributed by atoms with Crippen molar-refractivity contribution in [2.45, 2.75) is 37.1 Å². The first kappa shape index (κ1) is 21.0. The Morgan fingerprint density at radius 2 is 1.67 bits per heavy atom. The van der Waals surface area contributed by atoms with Crippen LogP contribution in [0.15, 0.2) is 23.1 Å². The minimum Gasteiger partial charge on any atom is -0.497 e. The molecule has 0 aliphatic carbocycles. The van der Waals surface area contributed by atoms with Gasteiger partial charge in [-0.1, -0.05) is 6.92 Å². The quantitative estimate of drug-likeness (QED) is 0.788. The third-order valence-corrected chi connectivity index (χ3v) is 6.02. The van der Waals surface area contributed by atoms with Gasteiger partial charge in [-0.25, -0.2) is 8.42 Å². The number of benzene rings is 1. The molecule has 24 heavy (non-hydrogen) atoms. The van der Waals surface area contributed by atoms with Crippen molar-refractivity contribution in [2.75, 3.05) is 33.9 Å². The van der Waals surface area contributed by atoms with Crippen molar-refractivity contribution in [3.05, 3.63) is 18.2 Å². The van der Waals surface area contributed by atoms with E-state index >= 15 is 0 Å². The van der Waals surface area contributed by atoms with E-state index in [-0.39, 0.29) is 23.3 Å². The molecule has 138 valence electrons. The molecule has 0 unspecified atom stereocenters. The Labute approximate surface area is 151 Å². The minimum atomic E-state index is -3.58. The van der Waals surface area contributed by atoms with Crippen LogP contribution in [0.1, 0.15) is 26.2 Å². The maximum Gasteiger partial charge on any atom is 0.243 e. The minimum absolute atomic E-state index is 0. The third kappa shape index (κ3) is 4.75. The molecular weight excluding hydrogens is 352 g/mol. The normalized spacial score (nSPS) is 15.8. The molecule has 0 atom stereocenters. The van der Waals surface area contributed by atoms with Crippen molar-refractivity contribution in [1.29, 1.82) is 0 Å². The van der Waals surface area contributed by atoms with E-state index < -0.39 is 10.0 Å². The Morgan fingerprint density at radius 3 is 2.12 bits per heavy atom. The third-order valence-electron chi connectivity index (χ3n) is 4.09. The Kier molecular flexibility index (Phi) is 8.29. The summed E-state index contributed by atoms with van der Waals surface area (Å²) in [7, 11) is -0.551. The second kappa shape index (κ2) is 9.46. The van der Waals surface area contributed by atoms with Gasteiger partial charge in [-0.15, -0.1) is 12.4 Å². The number of halogens is 1. The summed E-state index contributed by atoms with van der Waals surface area (Å²) in [6.45, 7) is 4.21. The lowest BCUT2D eigenvalue weighted by Crippen LogP contribution is -2.46. The zero-order valence-electron chi connectivity index (χ0n) is 14.4. The van der Waals surface area contributed by atoms with Gasteiger partial charge >= 0.3 is 0 Å². The average Bonchev–Trinajstić information content (AvgIpc) is 2.59. The molecule has 1 aliphatic rings. The first-order valence-corrected chi connectivity index (χ1v) is 9.42. The van der Waals surface area contributed by atoms with Gasteiger partial charge in [0.2, 0.25) is 10.0 Å². The molecule has 8 heteroatoms. The fourth-order valence-electron chi connectivity index (χ4n) is 2.88. The molecule has 1 heterocycles. The fourth-order valence-corrected chi connectivity index (χ4v) is 4.71. The smallest absolute Gasteiger partial charge is 0.243 e. The van der Waals surface area contributed by atoms with Gasteiger partial charge in [-0.05, 0) is 32.4 Å². The van der Waals surface area contributed by atoms with E-state index in [0.29, 0.717) is 18.0 Å². The molecule has 1 aromatic rings. The molecule has 1 aromatic carbocycles. The van der Waals surface area contributed by atoms with Crippen molar-refractivity contribution in [1.82, 2.24) is 9.62 Å². The standard InChI is InChI=1S/C16H26N2O4S.ClH/c1-4-9-18(13-5-7-17-8-6-13)23(19,20)16-11-14(21-2)10-15(12-16)22-3;/h10-13,17H,4-9H2,1-3H3;1H. The van der Waals surface area contributed by atoms with E-state index in [1.807, 2.05) is 6.92 Å². The van der Waals surface area contributed by atoms with Crippen LogP contribution in [0.3, 0.4) is 0 Å². The summed E-state index contributed by atoms with van der Waals surface area (Å²) in [6, 6.07) is 4.83. The van der Waals surface area contributed by atoms with Crippen molar-refractivity contribution in [3.8, 4) is 11.5 Å². The number of hydrogen-bond donors (Lipinski definition) is 1. The number of nitrogens with one attached hydrogen (secondary N) is 1. The fraction of sp³-hybridized carbons (Fsp3) is 0.625. The lowest BCUT2D eigenvalue weighted by atomic mass is 10.1. The Bertz CT molecular complexity index is 596. The predicted molar refractivity (Wildman–Crippen MR) is 96.9 cm³/mol. The van der Waals surface area contributed by atoms with Crippen LogP contribution in [-0.2, 0) is 10.0 Å². The topological polar surface area (TPSA) is 67.9 Å². The first-order chi connectivity index (χ1) is 11.0. The molecule has 1 N–H and O–H groups in total. The van der Waals surface area contributed by atoms with Crippen LogP contribution < -0.4 is 14.8 Å². The Morgan fingerprint density at radius 1 is 1.12 bits per heavy atom. The molecule has 1 fully saturated rings. The Hall–Kier alpha value is -1.02. The molecule has 2 rings (SSSR count). The zero-order valence-corrected chi connectivity index (χ0v) is 16.1. The first-order valence-electron chi connectivity index (χ1n) is 7.98. The summed E-state index contributed by atoms with van der Waals surface area (Å²) in [5.41, 5.74) is 0. The van der Waals surface area contributed by atoms with Gasteiger partial charge in [0.15, 0.2) is 0 Å². The number of sulfonamides is 1. The molecule has 0 aromatic heterocycles. The van der Waals surface area contributed by atoms with Crippen molar-refractivity contribution < 1.29 is 17.9 Å². The van der Waals surface area contributed by atoms with E-state index in [4.69, 9.17) is 9.47 Å². The second-order valence-electron chi connectivity index (χ2n) is 5.65. The summed E-state index contributed by atoms with van der Waals surface area (Å²) in [6.07, 6.45) is 2.45. The van der Waals surface area contributed by atoms with Crippen LogP contribution in [0.5, 0.6) is 11.5 Å². The van der Waals surface area contributed by atoms with E-state index in [9.17, 15) is 8.42 Å². The van der Waals surface area contributed by atoms with Crippen LogP contribution in [0.4, 0.5) is 0 Å². The summed E-state index contributed by atoms with van der Waals surface area (Å²) < 4.78 is 38.4. The highest BCUT2D eigenvalue weighted by Gasteiger charge is 2.32. The zero-order chi connectivity index (χ0) is 16.9. The molecular formula is C16H27ClN2O4S. The van der Waals surface area contributed by atoms with Gasteiger partial charge in [0, 0.05) is 30.8 Å². The number of piperidine rings is 1. The van der Waals surface area contributed by atoms with Crippen LogP contribution in [-0.4, -0.2) is 52.6 Å². The van der Waals surface area contributed by atoms with Crippen LogP contribution in [0.25, 0.3) is 0 Å². The predicted octanol–water partition coefficient (Wildman–Crippen LogP) is 2.28. The number of ether oxygens (including phenoxy) is 2. The summed E-state index contributed by atoms with van der Waals surface area (Å²) in [4.78, 5) is 0.223. The maximum absolute atomic E-state index is 13.2. The van der Waals surface area contributed by atoms with Gasteiger partial charge in [-0.2, -0.15) is 4.31 Å². The maximum atomic E-state index is 13.2. The van der Waals surface area contributed by atoms with Crippen molar-refractivity contribution in [2.24, 2.45) is 0 Å². The van der Waals surface area contributed by atoms with E-state index in [0.717, 1.165) is 32.4 Å². The van der Waals surface area contributed by atoms with Crippen LogP contribution in [0, 0.1) is 0 Å². The highest BCUT2D eigenvalue weighted by Crippen LogP contribution is 2.29. The van der Waals surface area contributed by atoms with E-state index in [2.05, 4.69) is 5.32 Å². The molecule has 1 aliphatic heterocycles. The molecule has 0 bridgehead atoms. The SMILES string of the molecule is CCCN(C1CCNCC1)S(=O)(=O)c1cc(OC)cc(OC)c1.Cl. The highest BCUT2D eigenvalue weighted by molar-refractivity contribution is 7.89. The Balaban J connectivity index is 0.00000288. The summed E-state index contributed by atoms with van der Waals surface area (Å²) >= 11 is 0. The van der Waals surface area contributed by atoms with Gasteiger partial charge in [0.25, 0.3) is 0 Å². The average molecular weight is 379 g/mol. The lowest BCUT2D eigenvalue weighted by Gasteiger charge is -2.33. The van der Waals surface area contributed by atoms with E-state index in [1.54, 1.807) is 22.5 Å². The van der Waals surface area contributed by atoms with Crippen molar-refractivity contribution >= 4 is 22.4 Å². The monoisotopic (exact) mass is 378 g/mol. The van der Waals surface area contributed by atoms with Gasteiger partial charge in [-0.3, -0.25) is 0 Å². The molecule has 0 radical (unpaired) electrons. The molecule has 0 amide bonds. The highest BCUT2D eigenvalue weighted by atomic mass is 35.5. The van der Waals surface area contributed by atoms with Crippen LogP contribution >= 0.6 is 12.4 Å². The number of hydrogen-bond acceptors (Lipinski definition) is 5. The van der Waals surface area contributed by atoms with E-state index in [1.165, 1.54) is 14.2 Å². The molecule has 1 saturated heterocycles. The van der Waals surface area contributed by atoms with Gasteiger partial charge < -0.3 is 14.8 Å². The van der Waals surface area contributed by atoms with Crippen LogP contribution in [0.2, 0.25) is 0 Å². The molecule has 0 spiro atoms. The number of rotatable bonds is 7. The summed E-state index contributed by atoms with van der Waals surface area (Å²) in [5, 5.41) is 3.28. The summed E-state index contributed by atoms with van der Waals surface area (Å²) in [5.74, 6) is 0.953.